The van der Waals surface area contributed by atoms with Crippen LogP contribution in [0.5, 0.6) is 5.75 Å². The fraction of sp³-hybridized carbons (Fsp3) is 0.295. The van der Waals surface area contributed by atoms with Gasteiger partial charge in [0, 0.05) is 25.9 Å². The fourth-order valence-electron chi connectivity index (χ4n) is 8.93. The van der Waals surface area contributed by atoms with Crippen LogP contribution in [0.25, 0.3) is 11.1 Å². The zero-order valence-corrected chi connectivity index (χ0v) is 31.7. The van der Waals surface area contributed by atoms with Gasteiger partial charge in [-0.3, -0.25) is 14.0 Å². The molecule has 3 aliphatic heterocycles. The third-order valence-corrected chi connectivity index (χ3v) is 13.0. The minimum Gasteiger partial charge on any atom is -0.467 e. The average molecular weight is 759 g/mol. The predicted molar refractivity (Wildman–Crippen MR) is 206 cm³/mol. The van der Waals surface area contributed by atoms with Gasteiger partial charge in [-0.15, -0.1) is 0 Å². The average Bonchev–Trinajstić information content (AvgIpc) is 4.14. The lowest BCUT2D eigenvalue weighted by atomic mass is 9.80. The van der Waals surface area contributed by atoms with Crippen LogP contribution in [0.2, 0.25) is 0 Å². The molecule has 10 nitrogen and oxygen atoms in total. The summed E-state index contributed by atoms with van der Waals surface area (Å²) in [5.41, 5.74) is 3.94. The van der Waals surface area contributed by atoms with Gasteiger partial charge in [0.05, 0.1) is 46.9 Å². The van der Waals surface area contributed by atoms with Gasteiger partial charge in [0.25, 0.3) is 10.0 Å². The van der Waals surface area contributed by atoms with Crippen LogP contribution in [-0.2, 0) is 44.9 Å². The molecule has 9 rings (SSSR count). The largest absolute Gasteiger partial charge is 0.467 e. The van der Waals surface area contributed by atoms with Crippen LogP contribution >= 0.6 is 0 Å². The zero-order chi connectivity index (χ0) is 38.0. The minimum absolute atomic E-state index is 0.0310. The number of hydrogen-bond acceptors (Lipinski definition) is 9. The molecule has 0 N–H and O–H groups in total. The molecule has 5 aromatic carbocycles. The highest BCUT2D eigenvalue weighted by Gasteiger charge is 2.73. The maximum Gasteiger partial charge on any atom is 0.264 e. The molecule has 3 heterocycles. The molecule has 2 fully saturated rings. The van der Waals surface area contributed by atoms with Crippen molar-refractivity contribution in [2.75, 3.05) is 44.6 Å². The summed E-state index contributed by atoms with van der Waals surface area (Å²) in [7, 11) is -2.74. The third kappa shape index (κ3) is 5.40. The van der Waals surface area contributed by atoms with Crippen LogP contribution in [0.4, 0.5) is 5.69 Å². The molecule has 0 radical (unpaired) electrons. The molecule has 4 atom stereocenters. The van der Waals surface area contributed by atoms with E-state index >= 15 is 13.2 Å². The van der Waals surface area contributed by atoms with E-state index in [-0.39, 0.29) is 42.1 Å². The third-order valence-electron chi connectivity index (χ3n) is 11.2. The maximum absolute atomic E-state index is 15.5. The molecular formula is C44H42N2O8S. The SMILES string of the molecule is CCOC(OCC)c1cc(OCOC)c2c(c1)N(S(=O)(=O)c1ccccc1)C[C@H]1[C@@H](C(=O)[C@]23CO3)N1C1(c2ccccc2)c2ccccc2-c2ccccc21. The van der Waals surface area contributed by atoms with Crippen LogP contribution < -0.4 is 9.04 Å². The highest BCUT2D eigenvalue weighted by Crippen LogP contribution is 2.63. The van der Waals surface area contributed by atoms with E-state index in [4.69, 9.17) is 23.7 Å². The molecule has 1 aliphatic carbocycles. The van der Waals surface area contributed by atoms with Crippen LogP contribution in [-0.4, -0.2) is 71.5 Å². The number of fused-ring (bicyclic) bond motifs is 6. The smallest absolute Gasteiger partial charge is 0.264 e. The molecule has 0 amide bonds. The molecule has 1 unspecified atom stereocenters. The second kappa shape index (κ2) is 13.7. The number of anilines is 1. The van der Waals surface area contributed by atoms with E-state index in [2.05, 4.69) is 41.3 Å². The molecule has 11 heteroatoms. The topological polar surface area (TPSA) is 107 Å². The van der Waals surface area contributed by atoms with Gasteiger partial charge in [0.1, 0.15) is 5.75 Å². The van der Waals surface area contributed by atoms with E-state index in [1.54, 1.807) is 42.5 Å². The van der Waals surface area contributed by atoms with Crippen molar-refractivity contribution >= 4 is 21.5 Å². The molecule has 5 aromatic rings. The summed E-state index contributed by atoms with van der Waals surface area (Å²) in [6.07, 6.45) is -0.832. The second-order valence-electron chi connectivity index (χ2n) is 14.1. The number of Topliss-reactive ketones (excluding diaryl/α,β-unsaturated/α-hetero) is 1. The second-order valence-corrected chi connectivity index (χ2v) is 16.0. The summed E-state index contributed by atoms with van der Waals surface area (Å²) >= 11 is 0. The Morgan fingerprint density at radius 1 is 0.818 bits per heavy atom. The molecule has 55 heavy (non-hydrogen) atoms. The van der Waals surface area contributed by atoms with Crippen LogP contribution in [0.1, 0.15) is 48.0 Å². The van der Waals surface area contributed by atoms with Crippen molar-refractivity contribution in [1.82, 2.24) is 4.90 Å². The predicted octanol–water partition coefficient (Wildman–Crippen LogP) is 6.77. The number of benzene rings is 5. The Kier molecular flexibility index (Phi) is 8.92. The summed E-state index contributed by atoms with van der Waals surface area (Å²) in [5.74, 6) is 0.117. The summed E-state index contributed by atoms with van der Waals surface area (Å²) in [6, 6.07) is 37.4. The molecule has 0 saturated carbocycles. The lowest BCUT2D eigenvalue weighted by molar-refractivity contribution is -0.140. The molecule has 0 bridgehead atoms. The maximum atomic E-state index is 15.5. The van der Waals surface area contributed by atoms with E-state index < -0.39 is 39.5 Å². The van der Waals surface area contributed by atoms with Crippen molar-refractivity contribution in [3.8, 4) is 16.9 Å². The van der Waals surface area contributed by atoms with Gasteiger partial charge in [0.2, 0.25) is 0 Å². The quantitative estimate of drug-likeness (QED) is 0.101. The van der Waals surface area contributed by atoms with Crippen LogP contribution in [0.3, 0.4) is 0 Å². The summed E-state index contributed by atoms with van der Waals surface area (Å²) in [4.78, 5) is 17.8. The van der Waals surface area contributed by atoms with Gasteiger partial charge >= 0.3 is 0 Å². The van der Waals surface area contributed by atoms with Gasteiger partial charge in [-0.25, -0.2) is 8.42 Å². The number of carbonyl (C=O) groups is 1. The minimum atomic E-state index is -4.25. The van der Waals surface area contributed by atoms with Crippen LogP contribution in [0.15, 0.2) is 126 Å². The molecule has 4 aliphatic rings. The van der Waals surface area contributed by atoms with Gasteiger partial charge in [-0.05, 0) is 65.9 Å². The Labute approximate surface area is 321 Å². The van der Waals surface area contributed by atoms with E-state index in [9.17, 15) is 0 Å². The first-order valence-electron chi connectivity index (χ1n) is 18.7. The number of sulfonamides is 1. The lowest BCUT2D eigenvalue weighted by Crippen LogP contribution is -2.41. The number of rotatable bonds is 12. The van der Waals surface area contributed by atoms with Crippen molar-refractivity contribution in [2.45, 2.75) is 48.3 Å². The van der Waals surface area contributed by atoms with E-state index in [0.29, 0.717) is 24.3 Å². The Morgan fingerprint density at radius 2 is 1.40 bits per heavy atom. The highest BCUT2D eigenvalue weighted by atomic mass is 32.2. The monoisotopic (exact) mass is 758 g/mol. The normalized spacial score (nSPS) is 23.0. The Morgan fingerprint density at radius 3 is 1.98 bits per heavy atom. The molecule has 0 aromatic heterocycles. The van der Waals surface area contributed by atoms with Gasteiger partial charge < -0.3 is 23.7 Å². The molecule has 282 valence electrons. The van der Waals surface area contributed by atoms with Gasteiger partial charge in [-0.2, -0.15) is 0 Å². The Bertz CT molecular complexity index is 2310. The molecule has 1 spiro atoms. The number of methoxy groups -OCH3 is 1. The first-order valence-corrected chi connectivity index (χ1v) is 20.1. The number of nitrogens with zero attached hydrogens (tertiary/aromatic N) is 2. The number of ether oxygens (including phenoxy) is 5. The number of carbonyl (C=O) groups excluding carboxylic acids is 1. The Balaban J connectivity index is 1.31. The Hall–Kier alpha value is -4.88. The first-order chi connectivity index (χ1) is 26.8. The van der Waals surface area contributed by atoms with Gasteiger partial charge in [-0.1, -0.05) is 97.1 Å². The standard InChI is InChI=1S/C44H42N2O8S/c1-4-51-42(52-5-2)29-24-36-39(38(25-29)53-28-50-3)43(27-54-43)41(47)40-37(26-45(36)55(48,49)31-18-10-7-11-19-31)46(40)44(30-16-8-6-9-17-30)34-22-14-12-20-32(34)33-21-13-15-23-35(33)44/h6-25,37,40,42H,4-5,26-28H2,1-3H3/t37-,40-,43-,46?/m0/s1. The lowest BCUT2D eigenvalue weighted by Gasteiger charge is -2.36. The fourth-order valence-corrected chi connectivity index (χ4v) is 10.4. The van der Waals surface area contributed by atoms with Crippen molar-refractivity contribution in [3.05, 3.63) is 149 Å². The first kappa shape index (κ1) is 35.8. The summed E-state index contributed by atoms with van der Waals surface area (Å²) < 4.78 is 61.8. The van der Waals surface area contributed by atoms with Crippen molar-refractivity contribution < 1.29 is 36.9 Å². The van der Waals surface area contributed by atoms with Crippen LogP contribution in [0, 0.1) is 0 Å². The number of hydrogen-bond donors (Lipinski definition) is 0. The van der Waals surface area contributed by atoms with E-state index in [1.165, 1.54) is 11.4 Å². The van der Waals surface area contributed by atoms with Crippen molar-refractivity contribution in [3.63, 3.8) is 0 Å². The molecular weight excluding hydrogens is 717 g/mol. The summed E-state index contributed by atoms with van der Waals surface area (Å²) in [5, 5.41) is 0. The van der Waals surface area contributed by atoms with E-state index in [0.717, 1.165) is 27.8 Å². The summed E-state index contributed by atoms with van der Waals surface area (Å²) in [6.45, 7) is 4.30. The van der Waals surface area contributed by atoms with Crippen molar-refractivity contribution in [1.29, 1.82) is 0 Å². The molecule has 2 saturated heterocycles. The van der Waals surface area contributed by atoms with E-state index in [1.807, 2.05) is 56.3 Å². The van der Waals surface area contributed by atoms with Crippen molar-refractivity contribution in [2.24, 2.45) is 0 Å². The number of ketones is 1. The number of epoxide rings is 1. The highest BCUT2D eigenvalue weighted by molar-refractivity contribution is 7.92. The zero-order valence-electron chi connectivity index (χ0n) is 30.9. The van der Waals surface area contributed by atoms with Gasteiger partial charge in [0.15, 0.2) is 24.5 Å².